The predicted octanol–water partition coefficient (Wildman–Crippen LogP) is 3.43. The molecule has 0 unspecified atom stereocenters. The maximum atomic E-state index is 12.3. The summed E-state index contributed by atoms with van der Waals surface area (Å²) in [6.45, 7) is 1.72. The molecular formula is C11H10ClF3INO3. The van der Waals surface area contributed by atoms with Gasteiger partial charge in [-0.05, 0) is 35.1 Å². The molecule has 0 saturated heterocycles. The lowest BCUT2D eigenvalue weighted by Crippen LogP contribution is -2.21. The highest BCUT2D eigenvalue weighted by Gasteiger charge is 2.34. The summed E-state index contributed by atoms with van der Waals surface area (Å²) >= 11 is 7.59. The summed E-state index contributed by atoms with van der Waals surface area (Å²) in [4.78, 5) is 15.0. The average Bonchev–Trinajstić information content (AvgIpc) is 2.32. The number of hydrogen-bond acceptors (Lipinski definition) is 4. The van der Waals surface area contributed by atoms with E-state index >= 15 is 0 Å². The monoisotopic (exact) mass is 423 g/mol. The Kier molecular flexibility index (Phi) is 6.31. The number of hydrogen-bond donors (Lipinski definition) is 0. The van der Waals surface area contributed by atoms with Crippen molar-refractivity contribution in [1.29, 1.82) is 0 Å². The van der Waals surface area contributed by atoms with Crippen molar-refractivity contribution < 1.29 is 27.4 Å². The van der Waals surface area contributed by atoms with Gasteiger partial charge in [0.25, 0.3) is 0 Å². The van der Waals surface area contributed by atoms with Crippen LogP contribution in [0, 0.1) is 3.57 Å². The molecule has 1 rings (SSSR count). The van der Waals surface area contributed by atoms with Crippen LogP contribution in [0.25, 0.3) is 0 Å². The van der Waals surface area contributed by atoms with Crippen LogP contribution in [-0.2, 0) is 21.8 Å². The molecule has 1 aromatic heterocycles. The van der Waals surface area contributed by atoms with Crippen LogP contribution in [0.4, 0.5) is 13.2 Å². The second kappa shape index (κ2) is 7.30. The Morgan fingerprint density at radius 2 is 2.10 bits per heavy atom. The van der Waals surface area contributed by atoms with E-state index in [9.17, 15) is 18.0 Å². The van der Waals surface area contributed by atoms with Gasteiger partial charge < -0.3 is 9.47 Å². The summed E-state index contributed by atoms with van der Waals surface area (Å²) in [7, 11) is 0. The normalized spacial score (nSPS) is 11.3. The zero-order chi connectivity index (χ0) is 15.3. The fourth-order valence-electron chi connectivity index (χ4n) is 1.43. The molecule has 20 heavy (non-hydrogen) atoms. The van der Waals surface area contributed by atoms with E-state index in [4.69, 9.17) is 16.3 Å². The molecule has 1 heterocycles. The number of carbonyl (C=O) groups excluding carboxylic acids is 1. The van der Waals surface area contributed by atoms with Crippen LogP contribution in [0.1, 0.15) is 18.1 Å². The molecule has 0 atom stereocenters. The SMILES string of the molecule is CCOC(=O)Cc1c(OC(F)(F)F)ncc(I)c1CCl. The average molecular weight is 424 g/mol. The molecule has 112 valence electrons. The van der Waals surface area contributed by atoms with Crippen molar-refractivity contribution in [3.8, 4) is 5.88 Å². The molecule has 0 fully saturated rings. The molecule has 0 aromatic carbocycles. The van der Waals surface area contributed by atoms with Gasteiger partial charge in [0.2, 0.25) is 5.88 Å². The Labute approximate surface area is 131 Å². The lowest BCUT2D eigenvalue weighted by atomic mass is 10.1. The third-order valence-electron chi connectivity index (χ3n) is 2.18. The van der Waals surface area contributed by atoms with Gasteiger partial charge in [-0.1, -0.05) is 0 Å². The van der Waals surface area contributed by atoms with Gasteiger partial charge in [-0.25, -0.2) is 4.98 Å². The Balaban J connectivity index is 3.19. The molecule has 4 nitrogen and oxygen atoms in total. The van der Waals surface area contributed by atoms with Crippen molar-refractivity contribution in [2.45, 2.75) is 25.6 Å². The molecule has 9 heteroatoms. The largest absolute Gasteiger partial charge is 0.574 e. The lowest BCUT2D eigenvalue weighted by Gasteiger charge is -2.15. The molecule has 0 aliphatic carbocycles. The highest BCUT2D eigenvalue weighted by Crippen LogP contribution is 2.30. The van der Waals surface area contributed by atoms with Gasteiger partial charge in [0.1, 0.15) is 0 Å². The van der Waals surface area contributed by atoms with Gasteiger partial charge >= 0.3 is 12.3 Å². The second-order valence-electron chi connectivity index (χ2n) is 3.53. The van der Waals surface area contributed by atoms with Crippen molar-refractivity contribution in [2.24, 2.45) is 0 Å². The first-order valence-corrected chi connectivity index (χ1v) is 7.03. The number of halogens is 5. The van der Waals surface area contributed by atoms with Crippen LogP contribution < -0.4 is 4.74 Å². The second-order valence-corrected chi connectivity index (χ2v) is 4.96. The van der Waals surface area contributed by atoms with Crippen molar-refractivity contribution >= 4 is 40.2 Å². The molecule has 0 spiro atoms. The van der Waals surface area contributed by atoms with E-state index < -0.39 is 18.2 Å². The maximum Gasteiger partial charge on any atom is 0.574 e. The van der Waals surface area contributed by atoms with Crippen molar-refractivity contribution in [3.63, 3.8) is 0 Å². The summed E-state index contributed by atoms with van der Waals surface area (Å²) in [5.41, 5.74) is 0.359. The molecule has 0 amide bonds. The smallest absolute Gasteiger partial charge is 0.466 e. The number of rotatable bonds is 5. The minimum atomic E-state index is -4.90. The predicted molar refractivity (Wildman–Crippen MR) is 73.5 cm³/mol. The van der Waals surface area contributed by atoms with E-state index in [1.807, 2.05) is 22.6 Å². The third kappa shape index (κ3) is 4.97. The zero-order valence-corrected chi connectivity index (χ0v) is 13.2. The van der Waals surface area contributed by atoms with Gasteiger partial charge in [0, 0.05) is 21.2 Å². The summed E-state index contributed by atoms with van der Waals surface area (Å²) in [6.07, 6.45) is -4.08. The number of aromatic nitrogens is 1. The molecule has 0 bridgehead atoms. The van der Waals surface area contributed by atoms with E-state index in [1.165, 1.54) is 6.20 Å². The van der Waals surface area contributed by atoms with Crippen LogP contribution in [0.3, 0.4) is 0 Å². The van der Waals surface area contributed by atoms with Crippen LogP contribution in [0.2, 0.25) is 0 Å². The minimum absolute atomic E-state index is 0.0114. The first kappa shape index (κ1) is 17.3. The lowest BCUT2D eigenvalue weighted by molar-refractivity contribution is -0.276. The Morgan fingerprint density at radius 1 is 1.45 bits per heavy atom. The van der Waals surface area contributed by atoms with Crippen LogP contribution >= 0.6 is 34.2 Å². The number of nitrogens with zero attached hydrogens (tertiary/aromatic N) is 1. The quantitative estimate of drug-likeness (QED) is 0.414. The fraction of sp³-hybridized carbons (Fsp3) is 0.455. The van der Waals surface area contributed by atoms with Crippen LogP contribution in [-0.4, -0.2) is 23.9 Å². The van der Waals surface area contributed by atoms with Gasteiger partial charge in [-0.15, -0.1) is 24.8 Å². The first-order valence-electron chi connectivity index (χ1n) is 5.42. The molecule has 0 saturated carbocycles. The van der Waals surface area contributed by atoms with Gasteiger partial charge in [0.15, 0.2) is 0 Å². The van der Waals surface area contributed by atoms with Gasteiger partial charge in [-0.3, -0.25) is 4.79 Å². The molecular weight excluding hydrogens is 413 g/mol. The van der Waals surface area contributed by atoms with E-state index in [1.54, 1.807) is 6.92 Å². The summed E-state index contributed by atoms with van der Waals surface area (Å²) in [5, 5.41) is 0. The summed E-state index contributed by atoms with van der Waals surface area (Å²) < 4.78 is 46.1. The van der Waals surface area contributed by atoms with Gasteiger partial charge in [-0.2, -0.15) is 0 Å². The van der Waals surface area contributed by atoms with Crippen molar-refractivity contribution in [3.05, 3.63) is 20.9 Å². The third-order valence-corrected chi connectivity index (χ3v) is 3.38. The number of alkyl halides is 4. The number of carbonyl (C=O) groups is 1. The van der Waals surface area contributed by atoms with Crippen LogP contribution in [0.15, 0.2) is 6.20 Å². The fourth-order valence-corrected chi connectivity index (χ4v) is 2.61. The van der Waals surface area contributed by atoms with E-state index in [-0.39, 0.29) is 24.5 Å². The molecule has 1 aromatic rings. The van der Waals surface area contributed by atoms with E-state index in [0.29, 0.717) is 9.13 Å². The van der Waals surface area contributed by atoms with Gasteiger partial charge in [0.05, 0.1) is 13.0 Å². The molecule has 0 radical (unpaired) electrons. The van der Waals surface area contributed by atoms with Crippen LogP contribution in [0.5, 0.6) is 5.88 Å². The Bertz CT molecular complexity index is 497. The van der Waals surface area contributed by atoms with Crippen molar-refractivity contribution in [1.82, 2.24) is 4.98 Å². The number of pyridine rings is 1. The van der Waals surface area contributed by atoms with E-state index in [0.717, 1.165) is 0 Å². The topological polar surface area (TPSA) is 48.4 Å². The first-order chi connectivity index (χ1) is 9.28. The molecule has 0 N–H and O–H groups in total. The number of esters is 1. The highest BCUT2D eigenvalue weighted by molar-refractivity contribution is 14.1. The zero-order valence-electron chi connectivity index (χ0n) is 10.3. The van der Waals surface area contributed by atoms with E-state index in [2.05, 4.69) is 9.72 Å². The Morgan fingerprint density at radius 3 is 2.60 bits per heavy atom. The maximum absolute atomic E-state index is 12.3. The molecule has 0 aliphatic heterocycles. The minimum Gasteiger partial charge on any atom is -0.466 e. The molecule has 0 aliphatic rings. The number of ether oxygens (including phenoxy) is 2. The highest BCUT2D eigenvalue weighted by atomic mass is 127. The van der Waals surface area contributed by atoms with Crippen molar-refractivity contribution in [2.75, 3.05) is 6.61 Å². The standard InChI is InChI=1S/C11H10ClF3INO3/c1-2-19-9(18)3-6-7(4-12)8(16)5-17-10(6)20-11(13,14)15/h5H,2-4H2,1H3. The summed E-state index contributed by atoms with van der Waals surface area (Å²) in [5.74, 6) is -1.42. The summed E-state index contributed by atoms with van der Waals surface area (Å²) in [6, 6.07) is 0. The Hall–Kier alpha value is -0.770.